The highest BCUT2D eigenvalue weighted by molar-refractivity contribution is 5.68. The summed E-state index contributed by atoms with van der Waals surface area (Å²) in [5.74, 6) is -0.0525. The predicted molar refractivity (Wildman–Crippen MR) is 62.5 cm³/mol. The third-order valence-corrected chi connectivity index (χ3v) is 2.55. The topological polar surface area (TPSA) is 37.3 Å². The first kappa shape index (κ1) is 10.4. The van der Waals surface area contributed by atoms with E-state index in [1.54, 1.807) is 24.3 Å². The first-order valence-electron chi connectivity index (χ1n) is 5.10. The molecular weight excluding hydrogens is 200 g/mol. The first-order chi connectivity index (χ1) is 7.81. The van der Waals surface area contributed by atoms with Crippen molar-refractivity contribution in [3.8, 4) is 5.75 Å². The minimum atomic E-state index is -0.262. The van der Waals surface area contributed by atoms with Gasteiger partial charge in [-0.15, -0.1) is 0 Å². The van der Waals surface area contributed by atoms with E-state index in [0.29, 0.717) is 0 Å². The molecule has 2 heteroatoms. The van der Waals surface area contributed by atoms with Crippen molar-refractivity contribution in [1.82, 2.24) is 0 Å². The molecular formula is C14H12O2. The quantitative estimate of drug-likeness (QED) is 0.794. The molecule has 1 atom stereocenters. The van der Waals surface area contributed by atoms with Gasteiger partial charge in [-0.3, -0.25) is 0 Å². The Hall–Kier alpha value is -2.09. The van der Waals surface area contributed by atoms with Crippen LogP contribution in [0, 0.1) is 0 Å². The van der Waals surface area contributed by atoms with Crippen LogP contribution in [0.25, 0.3) is 0 Å². The molecule has 0 spiro atoms. The molecule has 0 fully saturated rings. The van der Waals surface area contributed by atoms with Crippen molar-refractivity contribution in [2.75, 3.05) is 0 Å². The van der Waals surface area contributed by atoms with Gasteiger partial charge < -0.3 is 9.90 Å². The fourth-order valence-electron chi connectivity index (χ4n) is 1.69. The van der Waals surface area contributed by atoms with Gasteiger partial charge in [0.25, 0.3) is 0 Å². The lowest BCUT2D eigenvalue weighted by atomic mass is 9.93. The standard InChI is InChI=1S/C14H12O2/c15-10-14(11-4-2-1-3-5-11)12-6-8-13(16)9-7-12/h1-10,14,16H. The van der Waals surface area contributed by atoms with E-state index in [9.17, 15) is 9.90 Å². The van der Waals surface area contributed by atoms with E-state index in [1.807, 2.05) is 30.3 Å². The number of hydrogen-bond donors (Lipinski definition) is 1. The summed E-state index contributed by atoms with van der Waals surface area (Å²) in [6, 6.07) is 16.3. The number of phenols is 1. The molecule has 0 bridgehead atoms. The van der Waals surface area contributed by atoms with Gasteiger partial charge in [-0.25, -0.2) is 0 Å². The van der Waals surface area contributed by atoms with Crippen molar-refractivity contribution in [3.05, 3.63) is 65.7 Å². The summed E-state index contributed by atoms with van der Waals surface area (Å²) in [6.07, 6.45) is 0.918. The molecule has 2 nitrogen and oxygen atoms in total. The van der Waals surface area contributed by atoms with Crippen LogP contribution in [0.3, 0.4) is 0 Å². The van der Waals surface area contributed by atoms with Crippen molar-refractivity contribution in [3.63, 3.8) is 0 Å². The molecule has 0 heterocycles. The Labute approximate surface area is 94.2 Å². The van der Waals surface area contributed by atoms with Gasteiger partial charge in [0, 0.05) is 0 Å². The maximum atomic E-state index is 11.1. The van der Waals surface area contributed by atoms with E-state index in [-0.39, 0.29) is 11.7 Å². The van der Waals surface area contributed by atoms with Crippen LogP contribution in [-0.4, -0.2) is 11.4 Å². The number of aldehydes is 1. The highest BCUT2D eigenvalue weighted by Crippen LogP contribution is 2.23. The molecule has 0 aliphatic rings. The van der Waals surface area contributed by atoms with Gasteiger partial charge in [-0.1, -0.05) is 42.5 Å². The Kier molecular flexibility index (Phi) is 3.01. The van der Waals surface area contributed by atoms with Crippen LogP contribution in [-0.2, 0) is 4.79 Å². The maximum Gasteiger partial charge on any atom is 0.131 e. The highest BCUT2D eigenvalue weighted by Gasteiger charge is 2.12. The summed E-state index contributed by atoms with van der Waals surface area (Å²) < 4.78 is 0. The van der Waals surface area contributed by atoms with E-state index < -0.39 is 0 Å². The van der Waals surface area contributed by atoms with Gasteiger partial charge in [-0.05, 0) is 23.3 Å². The Balaban J connectivity index is 2.37. The Morgan fingerprint density at radius 2 is 1.44 bits per heavy atom. The van der Waals surface area contributed by atoms with Crippen LogP contribution in [0.15, 0.2) is 54.6 Å². The minimum absolute atomic E-state index is 0.210. The second-order valence-corrected chi connectivity index (χ2v) is 3.62. The second-order valence-electron chi connectivity index (χ2n) is 3.62. The Bertz CT molecular complexity index is 460. The van der Waals surface area contributed by atoms with Crippen LogP contribution in [0.5, 0.6) is 5.75 Å². The van der Waals surface area contributed by atoms with Crippen LogP contribution < -0.4 is 0 Å². The number of aromatic hydroxyl groups is 1. The third kappa shape index (κ3) is 2.11. The largest absolute Gasteiger partial charge is 0.508 e. The van der Waals surface area contributed by atoms with E-state index in [2.05, 4.69) is 0 Å². The van der Waals surface area contributed by atoms with Gasteiger partial charge in [0.1, 0.15) is 12.0 Å². The minimum Gasteiger partial charge on any atom is -0.508 e. The van der Waals surface area contributed by atoms with Gasteiger partial charge in [0.05, 0.1) is 5.92 Å². The number of rotatable bonds is 3. The Morgan fingerprint density at radius 3 is 2.00 bits per heavy atom. The lowest BCUT2D eigenvalue weighted by molar-refractivity contribution is -0.108. The van der Waals surface area contributed by atoms with Gasteiger partial charge in [-0.2, -0.15) is 0 Å². The fourth-order valence-corrected chi connectivity index (χ4v) is 1.69. The molecule has 2 rings (SSSR count). The van der Waals surface area contributed by atoms with Crippen molar-refractivity contribution >= 4 is 6.29 Å². The summed E-state index contributed by atoms with van der Waals surface area (Å²) in [4.78, 5) is 11.1. The molecule has 80 valence electrons. The monoisotopic (exact) mass is 212 g/mol. The molecule has 0 aliphatic carbocycles. The summed E-state index contributed by atoms with van der Waals surface area (Å²) in [5, 5.41) is 9.19. The van der Waals surface area contributed by atoms with E-state index >= 15 is 0 Å². The number of carbonyl (C=O) groups is 1. The maximum absolute atomic E-state index is 11.1. The Morgan fingerprint density at radius 1 is 0.875 bits per heavy atom. The first-order valence-corrected chi connectivity index (χ1v) is 5.10. The molecule has 2 aromatic rings. The van der Waals surface area contributed by atoms with Crippen LogP contribution in [0.1, 0.15) is 17.0 Å². The molecule has 0 radical (unpaired) electrons. The summed E-state index contributed by atoms with van der Waals surface area (Å²) in [6.45, 7) is 0. The van der Waals surface area contributed by atoms with Gasteiger partial charge >= 0.3 is 0 Å². The number of phenolic OH excluding ortho intramolecular Hbond substituents is 1. The lowest BCUT2D eigenvalue weighted by Gasteiger charge is -2.10. The normalized spacial score (nSPS) is 12.0. The molecule has 0 saturated carbocycles. The fraction of sp³-hybridized carbons (Fsp3) is 0.0714. The smallest absolute Gasteiger partial charge is 0.131 e. The summed E-state index contributed by atoms with van der Waals surface area (Å²) in [5.41, 5.74) is 1.85. The third-order valence-electron chi connectivity index (χ3n) is 2.55. The molecule has 1 N–H and O–H groups in total. The molecule has 0 aliphatic heterocycles. The molecule has 0 amide bonds. The van der Waals surface area contributed by atoms with Crippen LogP contribution in [0.4, 0.5) is 0 Å². The van der Waals surface area contributed by atoms with E-state index in [4.69, 9.17) is 0 Å². The molecule has 0 aromatic heterocycles. The average Bonchev–Trinajstić information content (AvgIpc) is 2.34. The van der Waals surface area contributed by atoms with Crippen molar-refractivity contribution in [2.45, 2.75) is 5.92 Å². The van der Waals surface area contributed by atoms with Crippen LogP contribution >= 0.6 is 0 Å². The zero-order valence-electron chi connectivity index (χ0n) is 8.71. The predicted octanol–water partition coefficient (Wildman–Crippen LogP) is 2.72. The van der Waals surface area contributed by atoms with E-state index in [1.165, 1.54) is 0 Å². The zero-order chi connectivity index (χ0) is 11.4. The number of carbonyl (C=O) groups excluding carboxylic acids is 1. The average molecular weight is 212 g/mol. The number of benzene rings is 2. The van der Waals surface area contributed by atoms with Crippen LogP contribution in [0.2, 0.25) is 0 Å². The molecule has 0 saturated heterocycles. The number of hydrogen-bond acceptors (Lipinski definition) is 2. The van der Waals surface area contributed by atoms with Crippen molar-refractivity contribution < 1.29 is 9.90 Å². The SMILES string of the molecule is O=CC(c1ccccc1)c1ccc(O)cc1. The highest BCUT2D eigenvalue weighted by atomic mass is 16.3. The molecule has 16 heavy (non-hydrogen) atoms. The summed E-state index contributed by atoms with van der Waals surface area (Å²) in [7, 11) is 0. The van der Waals surface area contributed by atoms with Gasteiger partial charge in [0.2, 0.25) is 0 Å². The zero-order valence-corrected chi connectivity index (χ0v) is 8.71. The second kappa shape index (κ2) is 4.62. The molecule has 1 unspecified atom stereocenters. The van der Waals surface area contributed by atoms with E-state index in [0.717, 1.165) is 17.4 Å². The van der Waals surface area contributed by atoms with Crippen molar-refractivity contribution in [2.24, 2.45) is 0 Å². The summed E-state index contributed by atoms with van der Waals surface area (Å²) >= 11 is 0. The lowest BCUT2D eigenvalue weighted by Crippen LogP contribution is -2.01. The van der Waals surface area contributed by atoms with Gasteiger partial charge in [0.15, 0.2) is 0 Å². The molecule has 2 aromatic carbocycles. The van der Waals surface area contributed by atoms with Crippen molar-refractivity contribution in [1.29, 1.82) is 0 Å².